The van der Waals surface area contributed by atoms with Crippen LogP contribution in [-0.2, 0) is 14.9 Å². The molecule has 0 N–H and O–H groups in total. The minimum absolute atomic E-state index is 0.0441. The van der Waals surface area contributed by atoms with Crippen molar-refractivity contribution in [3.63, 3.8) is 0 Å². The third-order valence-corrected chi connectivity index (χ3v) is 5.65. The summed E-state index contributed by atoms with van der Waals surface area (Å²) in [5, 5.41) is 4.29. The second-order valence-corrected chi connectivity index (χ2v) is 8.56. The summed E-state index contributed by atoms with van der Waals surface area (Å²) in [4.78, 5) is 16.5. The summed E-state index contributed by atoms with van der Waals surface area (Å²) in [6.07, 6.45) is 4.85. The first-order valence-corrected chi connectivity index (χ1v) is 11.0. The number of alkyl halides is 3. The van der Waals surface area contributed by atoms with Crippen LogP contribution in [0.3, 0.4) is 0 Å². The first-order chi connectivity index (χ1) is 14.9. The topological polar surface area (TPSA) is 99.8 Å². The first kappa shape index (κ1) is 23.8. The molecule has 1 aliphatic rings. The SMILES string of the molecule is CCOC(=O)c1cnn(C2=NC(c3cc(Cl)ccc3OS(=O)(=O)C(F)(F)F)CC=C2)c1C. The molecular formula is C19H17ClF3N3O5S. The van der Waals surface area contributed by atoms with Gasteiger partial charge < -0.3 is 8.92 Å². The number of aliphatic imine (C=N–C) groups is 1. The van der Waals surface area contributed by atoms with Crippen LogP contribution in [0, 0.1) is 6.92 Å². The molecule has 0 saturated heterocycles. The minimum Gasteiger partial charge on any atom is -0.462 e. The predicted molar refractivity (Wildman–Crippen MR) is 109 cm³/mol. The summed E-state index contributed by atoms with van der Waals surface area (Å²) in [6, 6.07) is 2.71. The number of ether oxygens (including phenoxy) is 1. The van der Waals surface area contributed by atoms with Crippen LogP contribution >= 0.6 is 11.6 Å². The van der Waals surface area contributed by atoms with Gasteiger partial charge >= 0.3 is 21.6 Å². The Balaban J connectivity index is 2.00. The van der Waals surface area contributed by atoms with Gasteiger partial charge in [-0.1, -0.05) is 17.7 Å². The van der Waals surface area contributed by atoms with E-state index in [1.54, 1.807) is 26.0 Å². The molecule has 1 aromatic heterocycles. The molecule has 1 aliphatic heterocycles. The summed E-state index contributed by atoms with van der Waals surface area (Å²) in [7, 11) is -5.89. The zero-order valence-electron chi connectivity index (χ0n) is 16.8. The van der Waals surface area contributed by atoms with Crippen LogP contribution in [0.5, 0.6) is 5.75 Å². The van der Waals surface area contributed by atoms with E-state index in [0.29, 0.717) is 5.69 Å². The van der Waals surface area contributed by atoms with Crippen LogP contribution < -0.4 is 4.18 Å². The van der Waals surface area contributed by atoms with Gasteiger partial charge in [0.05, 0.1) is 24.5 Å². The van der Waals surface area contributed by atoms with Crippen LogP contribution in [0.25, 0.3) is 0 Å². The van der Waals surface area contributed by atoms with Crippen LogP contribution in [0.15, 0.2) is 41.5 Å². The highest BCUT2D eigenvalue weighted by Gasteiger charge is 2.49. The Labute approximate surface area is 186 Å². The van der Waals surface area contributed by atoms with Crippen molar-refractivity contribution in [3.8, 4) is 5.75 Å². The monoisotopic (exact) mass is 491 g/mol. The Bertz CT molecular complexity index is 1210. The van der Waals surface area contributed by atoms with Gasteiger partial charge in [0.25, 0.3) is 0 Å². The lowest BCUT2D eigenvalue weighted by atomic mass is 10.0. The lowest BCUT2D eigenvalue weighted by Gasteiger charge is -2.20. The standard InChI is InChI=1S/C19H17ClF3N3O5S/c1-3-30-18(27)14-10-24-26(11(14)2)17-6-4-5-15(25-17)13-9-12(20)7-8-16(13)31-32(28,29)19(21,22)23/h4,6-10,15H,3,5H2,1-2H3. The molecule has 32 heavy (non-hydrogen) atoms. The fourth-order valence-corrected chi connectivity index (χ4v) is 3.61. The zero-order valence-corrected chi connectivity index (χ0v) is 18.3. The fraction of sp³-hybridized carbons (Fsp3) is 0.316. The molecule has 0 aliphatic carbocycles. The number of carbonyl (C=O) groups is 1. The summed E-state index contributed by atoms with van der Waals surface area (Å²) < 4.78 is 72.1. The molecule has 0 bridgehead atoms. The van der Waals surface area contributed by atoms with Gasteiger partial charge in [0.1, 0.15) is 17.1 Å². The quantitative estimate of drug-likeness (QED) is 0.353. The molecule has 1 atom stereocenters. The van der Waals surface area contributed by atoms with Gasteiger partial charge in [-0.2, -0.15) is 26.7 Å². The predicted octanol–water partition coefficient (Wildman–Crippen LogP) is 4.20. The van der Waals surface area contributed by atoms with Crippen molar-refractivity contribution >= 4 is 33.5 Å². The van der Waals surface area contributed by atoms with Crippen molar-refractivity contribution in [3.05, 3.63) is 58.4 Å². The van der Waals surface area contributed by atoms with E-state index in [-0.39, 0.29) is 35.0 Å². The van der Waals surface area contributed by atoms with Crippen molar-refractivity contribution in [1.82, 2.24) is 9.78 Å². The average Bonchev–Trinajstić information content (AvgIpc) is 3.10. The van der Waals surface area contributed by atoms with Crippen molar-refractivity contribution in [2.75, 3.05) is 6.61 Å². The smallest absolute Gasteiger partial charge is 0.462 e. The van der Waals surface area contributed by atoms with Gasteiger partial charge in [-0.15, -0.1) is 0 Å². The molecule has 0 amide bonds. The van der Waals surface area contributed by atoms with Crippen LogP contribution in [0.1, 0.15) is 41.0 Å². The molecule has 2 aromatic rings. The molecule has 0 radical (unpaired) electrons. The Morgan fingerprint density at radius 3 is 2.72 bits per heavy atom. The number of allylic oxidation sites excluding steroid dienone is 1. The van der Waals surface area contributed by atoms with E-state index in [9.17, 15) is 26.4 Å². The Kier molecular flexibility index (Phi) is 6.65. The summed E-state index contributed by atoms with van der Waals surface area (Å²) in [5.41, 5.74) is -4.88. The molecule has 1 aromatic carbocycles. The van der Waals surface area contributed by atoms with Gasteiger partial charge in [0.2, 0.25) is 0 Å². The number of halogens is 4. The largest absolute Gasteiger partial charge is 0.534 e. The molecular weight excluding hydrogens is 475 g/mol. The molecule has 8 nitrogen and oxygen atoms in total. The third kappa shape index (κ3) is 4.80. The van der Waals surface area contributed by atoms with E-state index in [0.717, 1.165) is 6.07 Å². The highest BCUT2D eigenvalue weighted by Crippen LogP contribution is 2.37. The highest BCUT2D eigenvalue weighted by molar-refractivity contribution is 7.88. The maximum absolute atomic E-state index is 12.8. The van der Waals surface area contributed by atoms with Crippen molar-refractivity contribution in [2.24, 2.45) is 4.99 Å². The number of esters is 1. The molecule has 172 valence electrons. The number of rotatable bonds is 5. The van der Waals surface area contributed by atoms with E-state index >= 15 is 0 Å². The zero-order chi connectivity index (χ0) is 23.7. The van der Waals surface area contributed by atoms with Crippen molar-refractivity contribution in [2.45, 2.75) is 31.8 Å². The molecule has 13 heteroatoms. The molecule has 0 fully saturated rings. The summed E-state index contributed by atoms with van der Waals surface area (Å²) >= 11 is 5.98. The van der Waals surface area contributed by atoms with E-state index in [4.69, 9.17) is 16.3 Å². The van der Waals surface area contributed by atoms with Crippen molar-refractivity contribution < 1.29 is 35.3 Å². The van der Waals surface area contributed by atoms with Gasteiger partial charge in [0.15, 0.2) is 0 Å². The Morgan fingerprint density at radius 1 is 1.34 bits per heavy atom. The number of aromatic nitrogens is 2. The fourth-order valence-electron chi connectivity index (χ4n) is 2.95. The van der Waals surface area contributed by atoms with Gasteiger partial charge in [-0.05, 0) is 44.5 Å². The summed E-state index contributed by atoms with van der Waals surface area (Å²) in [6.45, 7) is 3.48. The lowest BCUT2D eigenvalue weighted by Crippen LogP contribution is -2.28. The average molecular weight is 492 g/mol. The molecule has 1 unspecified atom stereocenters. The molecule has 0 saturated carbocycles. The summed E-state index contributed by atoms with van der Waals surface area (Å²) in [5.74, 6) is -0.825. The number of benzene rings is 1. The molecule has 2 heterocycles. The number of hydrogen-bond donors (Lipinski definition) is 0. The lowest BCUT2D eigenvalue weighted by molar-refractivity contribution is -0.0500. The minimum atomic E-state index is -5.89. The Hall–Kier alpha value is -2.86. The first-order valence-electron chi connectivity index (χ1n) is 9.21. The van der Waals surface area contributed by atoms with E-state index < -0.39 is 33.4 Å². The second-order valence-electron chi connectivity index (χ2n) is 6.58. The van der Waals surface area contributed by atoms with Crippen LogP contribution in [-0.4, -0.2) is 42.1 Å². The highest BCUT2D eigenvalue weighted by atomic mass is 35.5. The maximum Gasteiger partial charge on any atom is 0.534 e. The molecule has 0 spiro atoms. The van der Waals surface area contributed by atoms with Crippen LogP contribution in [0.2, 0.25) is 5.02 Å². The number of nitrogens with zero attached hydrogens (tertiary/aromatic N) is 3. The van der Waals surface area contributed by atoms with Gasteiger partial charge in [0, 0.05) is 10.6 Å². The van der Waals surface area contributed by atoms with E-state index in [2.05, 4.69) is 14.3 Å². The van der Waals surface area contributed by atoms with Gasteiger partial charge in [-0.25, -0.2) is 9.48 Å². The number of carbonyl (C=O) groups excluding carboxylic acids is 1. The van der Waals surface area contributed by atoms with Crippen molar-refractivity contribution in [1.29, 1.82) is 0 Å². The second kappa shape index (κ2) is 8.94. The molecule has 3 rings (SSSR count). The third-order valence-electron chi connectivity index (χ3n) is 4.45. The van der Waals surface area contributed by atoms with E-state index in [1.165, 1.54) is 23.0 Å². The van der Waals surface area contributed by atoms with Crippen LogP contribution in [0.4, 0.5) is 13.2 Å². The number of dihydropyridines is 1. The van der Waals surface area contributed by atoms with Gasteiger partial charge in [-0.3, -0.25) is 4.99 Å². The number of hydrogen-bond acceptors (Lipinski definition) is 7. The Morgan fingerprint density at radius 2 is 2.06 bits per heavy atom. The maximum atomic E-state index is 12.8. The van der Waals surface area contributed by atoms with E-state index in [1.807, 2.05) is 0 Å². The normalized spacial score (nSPS) is 16.6.